The van der Waals surface area contributed by atoms with E-state index in [1.807, 2.05) is 0 Å². The van der Waals surface area contributed by atoms with Crippen molar-refractivity contribution in [1.82, 2.24) is 0 Å². The van der Waals surface area contributed by atoms with Crippen molar-refractivity contribution >= 4 is 17.4 Å². The van der Waals surface area contributed by atoms with Crippen LogP contribution in [0.1, 0.15) is 31.2 Å². The summed E-state index contributed by atoms with van der Waals surface area (Å²) in [5, 5.41) is 0.619. The number of hydrogen-bond donors (Lipinski definition) is 0. The normalized spacial score (nSPS) is 16.8. The summed E-state index contributed by atoms with van der Waals surface area (Å²) in [5.41, 5.74) is 0.619. The van der Waals surface area contributed by atoms with Gasteiger partial charge in [0.1, 0.15) is 11.5 Å². The summed E-state index contributed by atoms with van der Waals surface area (Å²) in [6.07, 6.45) is 3.90. The Kier molecular flexibility index (Phi) is 4.48. The van der Waals surface area contributed by atoms with E-state index in [0.717, 1.165) is 24.8 Å². The standard InChI is InChI=1S/C15H19ClO3/c1-18-14-5-4-12(16)8-11(14)9-13(17)10-15(19-2)6-3-7-15/h4-5,8H,3,6-7,9-10H2,1-2H3. The Hall–Kier alpha value is -1.06. The van der Waals surface area contributed by atoms with E-state index < -0.39 is 0 Å². The molecule has 0 saturated heterocycles. The second-order valence-corrected chi connectivity index (χ2v) is 5.53. The van der Waals surface area contributed by atoms with E-state index >= 15 is 0 Å². The molecule has 0 aromatic heterocycles. The Morgan fingerprint density at radius 2 is 2.11 bits per heavy atom. The molecule has 19 heavy (non-hydrogen) atoms. The van der Waals surface area contributed by atoms with Crippen LogP contribution in [-0.2, 0) is 16.0 Å². The van der Waals surface area contributed by atoms with E-state index in [2.05, 4.69) is 0 Å². The molecule has 0 aliphatic heterocycles. The third kappa shape index (κ3) is 3.28. The van der Waals surface area contributed by atoms with Crippen molar-refractivity contribution in [2.24, 2.45) is 0 Å². The zero-order valence-corrected chi connectivity index (χ0v) is 12.1. The molecule has 0 unspecified atom stereocenters. The number of benzene rings is 1. The SMILES string of the molecule is COc1ccc(Cl)cc1CC(=O)CC1(OC)CCC1. The molecule has 1 aromatic rings. The molecule has 2 rings (SSSR count). The molecule has 0 heterocycles. The first-order valence-corrected chi connectivity index (χ1v) is 6.86. The van der Waals surface area contributed by atoms with Gasteiger partial charge in [0.2, 0.25) is 0 Å². The van der Waals surface area contributed by atoms with Gasteiger partial charge in [-0.3, -0.25) is 4.79 Å². The smallest absolute Gasteiger partial charge is 0.140 e. The van der Waals surface area contributed by atoms with Crippen LogP contribution in [0.15, 0.2) is 18.2 Å². The number of methoxy groups -OCH3 is 2. The van der Waals surface area contributed by atoms with Crippen LogP contribution in [0.3, 0.4) is 0 Å². The summed E-state index contributed by atoms with van der Waals surface area (Å²) in [6.45, 7) is 0. The Bertz CT molecular complexity index is 461. The summed E-state index contributed by atoms with van der Waals surface area (Å²) in [4.78, 5) is 12.2. The Balaban J connectivity index is 2.04. The lowest BCUT2D eigenvalue weighted by Gasteiger charge is -2.40. The maximum absolute atomic E-state index is 12.2. The molecular weight excluding hydrogens is 264 g/mol. The topological polar surface area (TPSA) is 35.5 Å². The highest BCUT2D eigenvalue weighted by Crippen LogP contribution is 2.38. The highest BCUT2D eigenvalue weighted by atomic mass is 35.5. The van der Waals surface area contributed by atoms with Crippen LogP contribution in [-0.4, -0.2) is 25.6 Å². The van der Waals surface area contributed by atoms with Crippen molar-refractivity contribution in [2.45, 2.75) is 37.7 Å². The molecule has 3 nitrogen and oxygen atoms in total. The van der Waals surface area contributed by atoms with E-state index in [1.165, 1.54) is 0 Å². The molecule has 104 valence electrons. The van der Waals surface area contributed by atoms with Crippen LogP contribution in [0.25, 0.3) is 0 Å². The molecule has 4 heteroatoms. The number of carbonyl (C=O) groups is 1. The Morgan fingerprint density at radius 3 is 2.63 bits per heavy atom. The number of ketones is 1. The number of halogens is 1. The van der Waals surface area contributed by atoms with Gasteiger partial charge in [0.25, 0.3) is 0 Å². The van der Waals surface area contributed by atoms with Gasteiger partial charge in [-0.05, 0) is 37.5 Å². The average molecular weight is 283 g/mol. The summed E-state index contributed by atoms with van der Waals surface area (Å²) in [6, 6.07) is 5.34. The van der Waals surface area contributed by atoms with E-state index in [1.54, 1.807) is 32.4 Å². The van der Waals surface area contributed by atoms with E-state index in [9.17, 15) is 4.79 Å². The number of carbonyl (C=O) groups excluding carboxylic acids is 1. The minimum Gasteiger partial charge on any atom is -0.496 e. The third-order valence-corrected chi connectivity index (χ3v) is 4.08. The molecule has 0 N–H and O–H groups in total. The minimum absolute atomic E-state index is 0.169. The highest BCUT2D eigenvalue weighted by molar-refractivity contribution is 6.30. The number of Topliss-reactive ketones (excluding diaryl/α,β-unsaturated/α-hetero) is 1. The molecular formula is C15H19ClO3. The highest BCUT2D eigenvalue weighted by Gasteiger charge is 2.38. The van der Waals surface area contributed by atoms with Gasteiger partial charge in [0.15, 0.2) is 0 Å². The maximum Gasteiger partial charge on any atom is 0.140 e. The van der Waals surface area contributed by atoms with E-state index in [0.29, 0.717) is 23.6 Å². The van der Waals surface area contributed by atoms with Crippen LogP contribution >= 0.6 is 11.6 Å². The summed E-state index contributed by atoms with van der Waals surface area (Å²) < 4.78 is 10.7. The first kappa shape index (κ1) is 14.4. The zero-order chi connectivity index (χ0) is 13.9. The zero-order valence-electron chi connectivity index (χ0n) is 11.4. The number of ether oxygens (including phenoxy) is 2. The second kappa shape index (κ2) is 5.93. The lowest BCUT2D eigenvalue weighted by Crippen LogP contribution is -2.41. The van der Waals surface area contributed by atoms with Gasteiger partial charge in [0, 0.05) is 30.5 Å². The number of rotatable bonds is 6. The molecule has 1 aliphatic carbocycles. The molecule has 1 fully saturated rings. The predicted molar refractivity (Wildman–Crippen MR) is 74.9 cm³/mol. The number of hydrogen-bond acceptors (Lipinski definition) is 3. The van der Waals surface area contributed by atoms with Crippen molar-refractivity contribution in [1.29, 1.82) is 0 Å². The Labute approximate surface area is 118 Å². The first-order valence-electron chi connectivity index (χ1n) is 6.48. The van der Waals surface area contributed by atoms with Crippen LogP contribution in [0.2, 0.25) is 5.02 Å². The van der Waals surface area contributed by atoms with Gasteiger partial charge in [-0.1, -0.05) is 11.6 Å². The van der Waals surface area contributed by atoms with Crippen molar-refractivity contribution in [3.63, 3.8) is 0 Å². The first-order chi connectivity index (χ1) is 9.08. The molecule has 1 saturated carbocycles. The fourth-order valence-corrected chi connectivity index (χ4v) is 2.74. The lowest BCUT2D eigenvalue weighted by atomic mass is 9.76. The monoisotopic (exact) mass is 282 g/mol. The summed E-state index contributed by atoms with van der Waals surface area (Å²) in [7, 11) is 3.28. The summed E-state index contributed by atoms with van der Waals surface area (Å²) >= 11 is 5.96. The molecule has 1 aliphatic rings. The van der Waals surface area contributed by atoms with Crippen LogP contribution in [0, 0.1) is 0 Å². The van der Waals surface area contributed by atoms with Crippen molar-refractivity contribution in [2.75, 3.05) is 14.2 Å². The van der Waals surface area contributed by atoms with Crippen LogP contribution in [0.5, 0.6) is 5.75 Å². The third-order valence-electron chi connectivity index (χ3n) is 3.85. The molecule has 0 radical (unpaired) electrons. The molecule has 0 spiro atoms. The molecule has 0 bridgehead atoms. The van der Waals surface area contributed by atoms with Gasteiger partial charge < -0.3 is 9.47 Å². The van der Waals surface area contributed by atoms with Gasteiger partial charge in [0.05, 0.1) is 12.7 Å². The Morgan fingerprint density at radius 1 is 1.37 bits per heavy atom. The quantitative estimate of drug-likeness (QED) is 0.802. The molecule has 0 amide bonds. The minimum atomic E-state index is -0.219. The fraction of sp³-hybridized carbons (Fsp3) is 0.533. The van der Waals surface area contributed by atoms with E-state index in [-0.39, 0.29) is 11.4 Å². The fourth-order valence-electron chi connectivity index (χ4n) is 2.54. The van der Waals surface area contributed by atoms with Gasteiger partial charge in [-0.15, -0.1) is 0 Å². The van der Waals surface area contributed by atoms with E-state index in [4.69, 9.17) is 21.1 Å². The lowest BCUT2D eigenvalue weighted by molar-refractivity contribution is -0.131. The van der Waals surface area contributed by atoms with Gasteiger partial charge in [-0.2, -0.15) is 0 Å². The largest absolute Gasteiger partial charge is 0.496 e. The maximum atomic E-state index is 12.2. The second-order valence-electron chi connectivity index (χ2n) is 5.09. The summed E-state index contributed by atoms with van der Waals surface area (Å²) in [5.74, 6) is 0.875. The van der Waals surface area contributed by atoms with Gasteiger partial charge >= 0.3 is 0 Å². The van der Waals surface area contributed by atoms with Crippen molar-refractivity contribution < 1.29 is 14.3 Å². The van der Waals surface area contributed by atoms with Crippen LogP contribution < -0.4 is 4.74 Å². The van der Waals surface area contributed by atoms with Crippen molar-refractivity contribution in [3.05, 3.63) is 28.8 Å². The average Bonchev–Trinajstić information content (AvgIpc) is 2.34. The predicted octanol–water partition coefficient (Wildman–Crippen LogP) is 3.42. The molecule has 0 atom stereocenters. The van der Waals surface area contributed by atoms with Crippen molar-refractivity contribution in [3.8, 4) is 5.75 Å². The molecule has 1 aromatic carbocycles. The van der Waals surface area contributed by atoms with Gasteiger partial charge in [-0.25, -0.2) is 0 Å². The van der Waals surface area contributed by atoms with Crippen LogP contribution in [0.4, 0.5) is 0 Å².